The second-order valence-corrected chi connectivity index (χ2v) is 3.97. The summed E-state index contributed by atoms with van der Waals surface area (Å²) in [6, 6.07) is 1.67. The van der Waals surface area contributed by atoms with Crippen molar-refractivity contribution in [1.82, 2.24) is 20.0 Å². The maximum atomic E-state index is 5.76. The molecule has 0 atom stereocenters. The Morgan fingerprint density at radius 2 is 2.35 bits per heavy atom. The minimum Gasteiger partial charge on any atom is -0.396 e. The van der Waals surface area contributed by atoms with Crippen molar-refractivity contribution in [2.24, 2.45) is 0 Å². The predicted octanol–water partition coefficient (Wildman–Crippen LogP) is 1.41. The average molecular weight is 253 g/mol. The maximum Gasteiger partial charge on any atom is 0.149 e. The summed E-state index contributed by atoms with van der Waals surface area (Å²) < 4.78 is 1.78. The smallest absolute Gasteiger partial charge is 0.149 e. The van der Waals surface area contributed by atoms with Crippen LogP contribution in [0, 0.1) is 0 Å². The van der Waals surface area contributed by atoms with Gasteiger partial charge in [0.1, 0.15) is 5.82 Å². The van der Waals surface area contributed by atoms with Gasteiger partial charge in [-0.2, -0.15) is 0 Å². The van der Waals surface area contributed by atoms with E-state index in [1.54, 1.807) is 23.1 Å². The Morgan fingerprint density at radius 3 is 3.06 bits per heavy atom. The van der Waals surface area contributed by atoms with Crippen molar-refractivity contribution in [1.29, 1.82) is 0 Å². The van der Waals surface area contributed by atoms with Crippen molar-refractivity contribution in [2.45, 2.75) is 13.0 Å². The first kappa shape index (κ1) is 11.7. The predicted molar refractivity (Wildman–Crippen MR) is 66.8 cm³/mol. The van der Waals surface area contributed by atoms with Gasteiger partial charge >= 0.3 is 0 Å². The Balaban J connectivity index is 1.78. The van der Waals surface area contributed by atoms with E-state index in [0.717, 1.165) is 19.5 Å². The van der Waals surface area contributed by atoms with Crippen LogP contribution in [0.2, 0.25) is 5.02 Å². The number of halogens is 1. The summed E-state index contributed by atoms with van der Waals surface area (Å²) in [5.74, 6) is 0.660. The van der Waals surface area contributed by atoms with Crippen molar-refractivity contribution >= 4 is 23.1 Å². The third kappa shape index (κ3) is 3.32. The van der Waals surface area contributed by atoms with Gasteiger partial charge in [0.2, 0.25) is 0 Å². The minimum absolute atomic E-state index is 0.538. The molecule has 2 aromatic rings. The number of aromatic nitrogens is 4. The highest BCUT2D eigenvalue weighted by Crippen LogP contribution is 2.18. The summed E-state index contributed by atoms with van der Waals surface area (Å²) in [5.41, 5.74) is 6.32. The van der Waals surface area contributed by atoms with E-state index >= 15 is 0 Å². The molecule has 90 valence electrons. The van der Waals surface area contributed by atoms with Gasteiger partial charge in [0.15, 0.2) is 0 Å². The Kier molecular flexibility index (Phi) is 3.77. The molecule has 0 radical (unpaired) electrons. The number of hydrogen-bond acceptors (Lipinski definition) is 5. The summed E-state index contributed by atoms with van der Waals surface area (Å²) in [5, 5.41) is 11.3. The van der Waals surface area contributed by atoms with Crippen molar-refractivity contribution in [3.63, 3.8) is 0 Å². The summed E-state index contributed by atoms with van der Waals surface area (Å²) in [4.78, 5) is 4.11. The number of nitrogens with one attached hydrogen (secondary N) is 1. The molecule has 3 N–H and O–H groups in total. The van der Waals surface area contributed by atoms with Crippen molar-refractivity contribution in [2.75, 3.05) is 17.6 Å². The molecule has 0 saturated heterocycles. The van der Waals surface area contributed by atoms with Crippen LogP contribution < -0.4 is 11.1 Å². The first-order chi connectivity index (χ1) is 8.25. The zero-order valence-corrected chi connectivity index (χ0v) is 9.93. The number of rotatable bonds is 5. The van der Waals surface area contributed by atoms with Crippen LogP contribution in [0.1, 0.15) is 6.42 Å². The van der Waals surface area contributed by atoms with Crippen molar-refractivity contribution < 1.29 is 0 Å². The van der Waals surface area contributed by atoms with Crippen LogP contribution in [0.25, 0.3) is 0 Å². The average Bonchev–Trinajstić information content (AvgIpc) is 2.79. The molecule has 2 heterocycles. The molecule has 0 aliphatic rings. The first-order valence-electron chi connectivity index (χ1n) is 5.25. The Labute approximate surface area is 104 Å². The van der Waals surface area contributed by atoms with Gasteiger partial charge in [-0.1, -0.05) is 16.8 Å². The van der Waals surface area contributed by atoms with Gasteiger partial charge in [0.25, 0.3) is 0 Å². The molecule has 0 bridgehead atoms. The number of hydrogen-bond donors (Lipinski definition) is 2. The molecule has 0 aromatic carbocycles. The maximum absolute atomic E-state index is 5.76. The summed E-state index contributed by atoms with van der Waals surface area (Å²) in [6.45, 7) is 1.57. The molecule has 0 unspecified atom stereocenters. The van der Waals surface area contributed by atoms with E-state index in [1.165, 1.54) is 0 Å². The van der Waals surface area contributed by atoms with Gasteiger partial charge in [-0.25, -0.2) is 4.98 Å². The van der Waals surface area contributed by atoms with Crippen molar-refractivity contribution in [3.8, 4) is 0 Å². The van der Waals surface area contributed by atoms with E-state index < -0.39 is 0 Å². The molecule has 0 fully saturated rings. The monoisotopic (exact) mass is 252 g/mol. The molecule has 0 spiro atoms. The topological polar surface area (TPSA) is 81.6 Å². The number of nitrogens with two attached hydrogens (primary N) is 1. The Bertz CT molecular complexity index is 470. The summed E-state index contributed by atoms with van der Waals surface area (Å²) in [7, 11) is 0. The number of pyridine rings is 1. The third-order valence-corrected chi connectivity index (χ3v) is 2.42. The van der Waals surface area contributed by atoms with Crippen LogP contribution in [0.4, 0.5) is 11.5 Å². The Morgan fingerprint density at radius 1 is 1.47 bits per heavy atom. The van der Waals surface area contributed by atoms with Gasteiger partial charge in [-0.3, -0.25) is 4.68 Å². The molecular weight excluding hydrogens is 240 g/mol. The SMILES string of the molecule is Nc1cc(Cl)cnc1NCCCn1ccnn1. The Hall–Kier alpha value is -1.82. The highest BCUT2D eigenvalue weighted by atomic mass is 35.5. The summed E-state index contributed by atoms with van der Waals surface area (Å²) in [6.07, 6.45) is 5.96. The van der Waals surface area contributed by atoms with E-state index in [4.69, 9.17) is 17.3 Å². The number of nitrogen functional groups attached to an aromatic ring is 1. The van der Waals surface area contributed by atoms with Crippen LogP contribution in [-0.2, 0) is 6.54 Å². The fourth-order valence-electron chi connectivity index (χ4n) is 1.40. The third-order valence-electron chi connectivity index (χ3n) is 2.21. The van der Waals surface area contributed by atoms with Gasteiger partial charge in [0, 0.05) is 25.5 Å². The first-order valence-corrected chi connectivity index (χ1v) is 5.62. The number of anilines is 2. The van der Waals surface area contributed by atoms with Crippen LogP contribution in [0.5, 0.6) is 0 Å². The minimum atomic E-state index is 0.538. The van der Waals surface area contributed by atoms with E-state index in [2.05, 4.69) is 20.6 Å². The molecule has 7 heteroatoms. The molecular formula is C10H13ClN6. The lowest BCUT2D eigenvalue weighted by Crippen LogP contribution is -2.09. The van der Waals surface area contributed by atoms with E-state index in [-0.39, 0.29) is 0 Å². The lowest BCUT2D eigenvalue weighted by molar-refractivity contribution is 0.569. The fourth-order valence-corrected chi connectivity index (χ4v) is 1.57. The quantitative estimate of drug-likeness (QED) is 0.787. The van der Waals surface area contributed by atoms with Gasteiger partial charge in [0.05, 0.1) is 16.9 Å². The molecule has 2 aromatic heterocycles. The fraction of sp³-hybridized carbons (Fsp3) is 0.300. The van der Waals surface area contributed by atoms with E-state index in [9.17, 15) is 0 Å². The normalized spacial score (nSPS) is 10.4. The summed E-state index contributed by atoms with van der Waals surface area (Å²) >= 11 is 5.76. The van der Waals surface area contributed by atoms with Crippen LogP contribution in [0.15, 0.2) is 24.7 Å². The highest BCUT2D eigenvalue weighted by molar-refractivity contribution is 6.30. The van der Waals surface area contributed by atoms with Crippen LogP contribution in [-0.4, -0.2) is 26.5 Å². The molecule has 2 rings (SSSR count). The molecule has 0 saturated carbocycles. The van der Waals surface area contributed by atoms with Crippen molar-refractivity contribution in [3.05, 3.63) is 29.7 Å². The standard InChI is InChI=1S/C10H13ClN6/c11-8-6-9(12)10(14-7-8)13-2-1-4-17-5-3-15-16-17/h3,5-7H,1-2,4,12H2,(H,13,14). The molecule has 0 aliphatic carbocycles. The molecule has 0 amide bonds. The van der Waals surface area contributed by atoms with Gasteiger partial charge in [-0.15, -0.1) is 5.10 Å². The zero-order valence-electron chi connectivity index (χ0n) is 9.17. The van der Waals surface area contributed by atoms with Gasteiger partial charge in [-0.05, 0) is 12.5 Å². The molecule has 6 nitrogen and oxygen atoms in total. The second-order valence-electron chi connectivity index (χ2n) is 3.54. The van der Waals surface area contributed by atoms with Crippen LogP contribution in [0.3, 0.4) is 0 Å². The van der Waals surface area contributed by atoms with Gasteiger partial charge < -0.3 is 11.1 Å². The lowest BCUT2D eigenvalue weighted by Gasteiger charge is -2.08. The molecule has 17 heavy (non-hydrogen) atoms. The number of nitrogens with zero attached hydrogens (tertiary/aromatic N) is 4. The lowest BCUT2D eigenvalue weighted by atomic mass is 10.3. The highest BCUT2D eigenvalue weighted by Gasteiger charge is 2.00. The van der Waals surface area contributed by atoms with E-state index in [1.807, 2.05) is 6.20 Å². The largest absolute Gasteiger partial charge is 0.396 e. The zero-order chi connectivity index (χ0) is 12.1. The van der Waals surface area contributed by atoms with E-state index in [0.29, 0.717) is 16.5 Å². The van der Waals surface area contributed by atoms with Crippen LogP contribution >= 0.6 is 11.6 Å². The molecule has 0 aliphatic heterocycles. The number of aryl methyl sites for hydroxylation is 1. The second kappa shape index (κ2) is 5.49.